The van der Waals surface area contributed by atoms with E-state index in [1.165, 1.54) is 0 Å². The van der Waals surface area contributed by atoms with Gasteiger partial charge in [-0.3, -0.25) is 19.4 Å². The van der Waals surface area contributed by atoms with Crippen LogP contribution in [-0.4, -0.2) is 105 Å². The number of anilines is 1. The van der Waals surface area contributed by atoms with E-state index in [1.54, 1.807) is 6.07 Å². The van der Waals surface area contributed by atoms with E-state index in [0.29, 0.717) is 57.0 Å². The van der Waals surface area contributed by atoms with Gasteiger partial charge in [0.25, 0.3) is 0 Å². The number of benzene rings is 1. The third-order valence-electron chi connectivity index (χ3n) is 9.53. The van der Waals surface area contributed by atoms with Crippen LogP contribution in [0.5, 0.6) is 5.75 Å². The van der Waals surface area contributed by atoms with Crippen LogP contribution in [0.3, 0.4) is 0 Å². The molecule has 14 heteroatoms. The number of nitrogens with one attached hydrogen (secondary N) is 2. The summed E-state index contributed by atoms with van der Waals surface area (Å²) in [6.07, 6.45) is 3.94. The highest BCUT2D eigenvalue weighted by Gasteiger charge is 2.31. The van der Waals surface area contributed by atoms with E-state index in [-0.39, 0.29) is 54.1 Å². The van der Waals surface area contributed by atoms with E-state index < -0.39 is 6.03 Å². The number of morpholine rings is 1. The number of urea groups is 1. The number of likely N-dealkylation sites (N-methyl/N-ethyl adjacent to an activating group) is 2. The van der Waals surface area contributed by atoms with Crippen molar-refractivity contribution < 1.29 is 24.2 Å². The molecule has 0 saturated carbocycles. The number of ether oxygens (including phenoxy) is 2. The topological polar surface area (TPSA) is 159 Å². The molecule has 1 aromatic carbocycles. The van der Waals surface area contributed by atoms with Gasteiger partial charge >= 0.3 is 6.03 Å². The number of rotatable bonds is 12. The number of fused-ring (bicyclic) bond motifs is 2. The van der Waals surface area contributed by atoms with Gasteiger partial charge in [0, 0.05) is 31.0 Å². The number of Topliss-reactive ketones (excluding diaryl/α,β-unsaturated/α-hetero) is 1. The zero-order valence-corrected chi connectivity index (χ0v) is 30.1. The average Bonchev–Trinajstić information content (AvgIpc) is 3.52. The normalized spacial score (nSPS) is 19.5. The molecule has 0 bridgehead atoms. The van der Waals surface area contributed by atoms with Crippen LogP contribution in [0.15, 0.2) is 48.7 Å². The number of ketones is 1. The van der Waals surface area contributed by atoms with E-state index in [0.717, 1.165) is 29.1 Å². The Morgan fingerprint density at radius 3 is 2.65 bits per heavy atom. The quantitative estimate of drug-likeness (QED) is 0.179. The van der Waals surface area contributed by atoms with Crippen molar-refractivity contribution in [1.29, 1.82) is 0 Å². The summed E-state index contributed by atoms with van der Waals surface area (Å²) in [7, 11) is 3.97. The van der Waals surface area contributed by atoms with E-state index in [2.05, 4.69) is 42.7 Å². The first-order chi connectivity index (χ1) is 24.5. The molecule has 4 heterocycles. The Hall–Kier alpha value is -4.50. The molecule has 3 atom stereocenters. The van der Waals surface area contributed by atoms with Gasteiger partial charge in [-0.2, -0.15) is 0 Å². The standard InChI is InChI=1S/C37H49N9O5/c1-37(2,3)31-21-32(40-34(39-31)29(48)11-8-16-44(4)17-19-47)41-36(49)38-27-13-14-30(26-10-7-6-9-25(26)27)51-24-12-15-33-42-43-35(46(33)22-24)28-23-50-20-18-45(28)5/h6-7,9-10,12,15,21-22,27-28,30,47H,8,11,13-14,16-20,23H2,1-5H3,(H2,38,39,40,41,49)/t27-,28-,30+/m0/s1. The highest BCUT2D eigenvalue weighted by Crippen LogP contribution is 2.39. The fourth-order valence-corrected chi connectivity index (χ4v) is 6.57. The lowest BCUT2D eigenvalue weighted by molar-refractivity contribution is 0.00144. The predicted molar refractivity (Wildman–Crippen MR) is 192 cm³/mol. The second-order valence-corrected chi connectivity index (χ2v) is 14.5. The molecule has 2 aliphatic rings. The monoisotopic (exact) mass is 699 g/mol. The van der Waals surface area contributed by atoms with Crippen molar-refractivity contribution in [3.63, 3.8) is 0 Å². The summed E-state index contributed by atoms with van der Waals surface area (Å²) < 4.78 is 14.3. The lowest BCUT2D eigenvalue weighted by atomic mass is 9.85. The molecule has 6 rings (SSSR count). The average molecular weight is 700 g/mol. The molecule has 3 N–H and O–H groups in total. The Morgan fingerprint density at radius 1 is 1.08 bits per heavy atom. The van der Waals surface area contributed by atoms with Gasteiger partial charge in [0.05, 0.1) is 43.8 Å². The van der Waals surface area contributed by atoms with E-state index in [1.807, 2.05) is 79.7 Å². The molecule has 0 spiro atoms. The molecule has 0 radical (unpaired) electrons. The van der Waals surface area contributed by atoms with Gasteiger partial charge in [0.15, 0.2) is 23.1 Å². The summed E-state index contributed by atoms with van der Waals surface area (Å²) in [6.45, 7) is 9.36. The van der Waals surface area contributed by atoms with Crippen molar-refractivity contribution in [2.45, 2.75) is 70.1 Å². The van der Waals surface area contributed by atoms with Gasteiger partial charge in [-0.25, -0.2) is 14.8 Å². The summed E-state index contributed by atoms with van der Waals surface area (Å²) >= 11 is 0. The molecule has 3 aromatic heterocycles. The van der Waals surface area contributed by atoms with E-state index >= 15 is 0 Å². The van der Waals surface area contributed by atoms with Crippen molar-refractivity contribution in [2.24, 2.45) is 0 Å². The zero-order valence-electron chi connectivity index (χ0n) is 30.1. The zero-order chi connectivity index (χ0) is 36.1. The number of pyridine rings is 1. The van der Waals surface area contributed by atoms with Gasteiger partial charge in [-0.05, 0) is 63.2 Å². The molecule has 1 fully saturated rings. The van der Waals surface area contributed by atoms with Crippen molar-refractivity contribution in [3.8, 4) is 5.75 Å². The summed E-state index contributed by atoms with van der Waals surface area (Å²) in [6, 6.07) is 12.9. The second kappa shape index (κ2) is 15.8. The van der Waals surface area contributed by atoms with Gasteiger partial charge in [-0.15, -0.1) is 10.2 Å². The molecule has 4 aromatic rings. The van der Waals surface area contributed by atoms with Gasteiger partial charge in [0.2, 0.25) is 0 Å². The fourth-order valence-electron chi connectivity index (χ4n) is 6.57. The molecule has 1 saturated heterocycles. The fraction of sp³-hybridized carbons (Fsp3) is 0.514. The lowest BCUT2D eigenvalue weighted by Crippen LogP contribution is -2.37. The number of hydrogen-bond acceptors (Lipinski definition) is 11. The molecular weight excluding hydrogens is 650 g/mol. The Bertz CT molecular complexity index is 1840. The van der Waals surface area contributed by atoms with Crippen LogP contribution in [0.2, 0.25) is 0 Å². The van der Waals surface area contributed by atoms with Crippen molar-refractivity contribution in [2.75, 3.05) is 58.9 Å². The van der Waals surface area contributed by atoms with Crippen LogP contribution in [0.25, 0.3) is 5.65 Å². The van der Waals surface area contributed by atoms with Crippen LogP contribution in [0.1, 0.15) is 97.9 Å². The van der Waals surface area contributed by atoms with E-state index in [4.69, 9.17) is 14.6 Å². The SMILES string of the molecule is CN(CCO)CCCC(=O)c1nc(NC(=O)N[C@H]2CC[C@@H](Oc3ccc4nnc([C@@H]5COCCN5C)n4c3)c3ccccc32)cc(C(C)(C)C)n1. The van der Waals surface area contributed by atoms with Gasteiger partial charge in [0.1, 0.15) is 17.7 Å². The molecule has 51 heavy (non-hydrogen) atoms. The van der Waals surface area contributed by atoms with E-state index in [9.17, 15) is 9.59 Å². The Labute approximate surface area is 298 Å². The Morgan fingerprint density at radius 2 is 1.88 bits per heavy atom. The highest BCUT2D eigenvalue weighted by molar-refractivity contribution is 5.94. The molecule has 272 valence electrons. The molecule has 2 amide bonds. The predicted octanol–water partition coefficient (Wildman–Crippen LogP) is 4.48. The van der Waals surface area contributed by atoms with Crippen LogP contribution < -0.4 is 15.4 Å². The van der Waals surface area contributed by atoms with Crippen LogP contribution in [0, 0.1) is 0 Å². The molecule has 14 nitrogen and oxygen atoms in total. The largest absolute Gasteiger partial charge is 0.484 e. The number of carbonyl (C=O) groups is 2. The maximum absolute atomic E-state index is 13.4. The summed E-state index contributed by atoms with van der Waals surface area (Å²) in [5.74, 6) is 1.68. The molecular formula is C37H49N9O5. The number of nitrogens with zero attached hydrogens (tertiary/aromatic N) is 7. The minimum absolute atomic E-state index is 0.00182. The van der Waals surface area contributed by atoms with Gasteiger partial charge in [-0.1, -0.05) is 45.0 Å². The molecule has 1 aliphatic heterocycles. The first-order valence-electron chi connectivity index (χ1n) is 17.7. The third kappa shape index (κ3) is 8.70. The number of carbonyl (C=O) groups excluding carboxylic acids is 2. The maximum Gasteiger partial charge on any atom is 0.320 e. The summed E-state index contributed by atoms with van der Waals surface area (Å²) in [4.78, 5) is 39.8. The van der Waals surface area contributed by atoms with Crippen LogP contribution in [0.4, 0.5) is 10.6 Å². The molecule has 1 aliphatic carbocycles. The Balaban J connectivity index is 1.14. The van der Waals surface area contributed by atoms with Gasteiger partial charge < -0.3 is 24.8 Å². The van der Waals surface area contributed by atoms with Crippen molar-refractivity contribution in [3.05, 3.63) is 77.1 Å². The summed E-state index contributed by atoms with van der Waals surface area (Å²) in [5, 5.41) is 24.0. The van der Waals surface area contributed by atoms with Crippen LogP contribution >= 0.6 is 0 Å². The minimum atomic E-state index is -0.418. The van der Waals surface area contributed by atoms with Crippen molar-refractivity contribution >= 4 is 23.3 Å². The highest BCUT2D eigenvalue weighted by atomic mass is 16.5. The number of hydrogen-bond donors (Lipinski definition) is 3. The number of amides is 2. The number of aliphatic hydroxyl groups excluding tert-OH is 1. The maximum atomic E-state index is 13.4. The van der Waals surface area contributed by atoms with Crippen molar-refractivity contribution in [1.82, 2.24) is 39.7 Å². The smallest absolute Gasteiger partial charge is 0.320 e. The molecule has 0 unspecified atom stereocenters. The van der Waals surface area contributed by atoms with Crippen LogP contribution in [-0.2, 0) is 10.2 Å². The summed E-state index contributed by atoms with van der Waals surface area (Å²) in [5.41, 5.74) is 3.02. The second-order valence-electron chi connectivity index (χ2n) is 14.5. The number of aromatic nitrogens is 5. The minimum Gasteiger partial charge on any atom is -0.484 e. The lowest BCUT2D eigenvalue weighted by Gasteiger charge is -2.32. The first-order valence-corrected chi connectivity index (χ1v) is 17.7. The first kappa shape index (κ1) is 36.3. The third-order valence-corrected chi connectivity index (χ3v) is 9.53. The number of aliphatic hydroxyl groups is 1. The Kier molecular flexibility index (Phi) is 11.2.